The Hall–Kier alpha value is -4.89. The molecule has 0 unspecified atom stereocenters. The molecule has 0 saturated carbocycles. The van der Waals surface area contributed by atoms with Crippen molar-refractivity contribution in [2.24, 2.45) is 0 Å². The van der Waals surface area contributed by atoms with Crippen molar-refractivity contribution in [1.82, 2.24) is 15.6 Å². The van der Waals surface area contributed by atoms with Crippen LogP contribution in [-0.2, 0) is 19.8 Å². The topological polar surface area (TPSA) is 120 Å². The van der Waals surface area contributed by atoms with Crippen LogP contribution in [-0.4, -0.2) is 27.9 Å². The maximum Gasteiger partial charge on any atom is 0.274 e. The molecule has 0 radical (unpaired) electrons. The van der Waals surface area contributed by atoms with E-state index >= 15 is 0 Å². The summed E-state index contributed by atoms with van der Waals surface area (Å²) >= 11 is 0. The molecule has 0 aliphatic heterocycles. The summed E-state index contributed by atoms with van der Waals surface area (Å²) in [6, 6.07) is 25.1. The summed E-state index contributed by atoms with van der Waals surface area (Å²) in [5.41, 5.74) is 4.17. The van der Waals surface area contributed by atoms with Gasteiger partial charge in [0.2, 0.25) is 0 Å². The van der Waals surface area contributed by atoms with Gasteiger partial charge in [0.15, 0.2) is 17.2 Å². The molecular formula is C33H33N3O6. The SMILES string of the molecule is CCNC(=O)c1noc(-c2cc(C(C)C)c(OCc3ccccc3)cc2OCc2ccccc2)c1-c1cc(CO)no1. The van der Waals surface area contributed by atoms with Crippen molar-refractivity contribution in [2.75, 3.05) is 6.54 Å². The summed E-state index contributed by atoms with van der Waals surface area (Å²) in [6.45, 7) is 6.71. The van der Waals surface area contributed by atoms with E-state index in [1.807, 2.05) is 79.7 Å². The van der Waals surface area contributed by atoms with Crippen LogP contribution in [0.2, 0.25) is 0 Å². The number of aromatic nitrogens is 2. The van der Waals surface area contributed by atoms with E-state index in [2.05, 4.69) is 29.5 Å². The van der Waals surface area contributed by atoms with Crippen molar-refractivity contribution in [3.05, 3.63) is 107 Å². The van der Waals surface area contributed by atoms with Gasteiger partial charge in [0.1, 0.15) is 36.0 Å². The summed E-state index contributed by atoms with van der Waals surface area (Å²) in [5, 5.41) is 20.4. The van der Waals surface area contributed by atoms with Gasteiger partial charge >= 0.3 is 0 Å². The van der Waals surface area contributed by atoms with E-state index in [4.69, 9.17) is 18.5 Å². The maximum atomic E-state index is 13.0. The first-order valence-electron chi connectivity index (χ1n) is 13.8. The average molecular weight is 568 g/mol. The van der Waals surface area contributed by atoms with Gasteiger partial charge in [-0.25, -0.2) is 0 Å². The van der Waals surface area contributed by atoms with E-state index in [0.29, 0.717) is 41.5 Å². The molecule has 9 nitrogen and oxygen atoms in total. The molecular weight excluding hydrogens is 534 g/mol. The minimum absolute atomic E-state index is 0.0389. The van der Waals surface area contributed by atoms with Crippen LogP contribution in [0.25, 0.3) is 22.6 Å². The van der Waals surface area contributed by atoms with Crippen LogP contribution < -0.4 is 14.8 Å². The van der Waals surface area contributed by atoms with Gasteiger partial charge in [-0.15, -0.1) is 0 Å². The number of carbonyl (C=O) groups excluding carboxylic acids is 1. The Morgan fingerprint density at radius 2 is 1.52 bits per heavy atom. The number of ether oxygens (including phenoxy) is 2. The average Bonchev–Trinajstić information content (AvgIpc) is 3.67. The van der Waals surface area contributed by atoms with Gasteiger partial charge < -0.3 is 28.9 Å². The number of aliphatic hydroxyl groups excluding tert-OH is 1. The predicted molar refractivity (Wildman–Crippen MR) is 157 cm³/mol. The molecule has 5 rings (SSSR count). The van der Waals surface area contributed by atoms with Gasteiger partial charge in [-0.05, 0) is 35.6 Å². The molecule has 2 heterocycles. The van der Waals surface area contributed by atoms with Crippen LogP contribution in [0.15, 0.2) is 87.9 Å². The standard InChI is InChI=1S/C33H33N3O6/c1-4-34-33(38)31-30(29-15-24(18-37)35-41-29)32(42-36-31)26-16-25(21(2)3)27(39-19-22-11-7-5-8-12-22)17-28(26)40-20-23-13-9-6-10-14-23/h5-17,21,37H,4,18-20H2,1-3H3,(H,34,38). The van der Waals surface area contributed by atoms with Crippen molar-refractivity contribution in [2.45, 2.75) is 46.5 Å². The number of nitrogens with one attached hydrogen (secondary N) is 1. The third kappa shape index (κ3) is 6.37. The first-order valence-corrected chi connectivity index (χ1v) is 13.8. The molecule has 9 heteroatoms. The normalized spacial score (nSPS) is 11.1. The predicted octanol–water partition coefficient (Wildman–Crippen LogP) is 6.52. The zero-order chi connectivity index (χ0) is 29.5. The fourth-order valence-corrected chi connectivity index (χ4v) is 4.53. The minimum Gasteiger partial charge on any atom is -0.488 e. The lowest BCUT2D eigenvalue weighted by Gasteiger charge is -2.19. The Labute approximate surface area is 244 Å². The molecule has 0 aliphatic carbocycles. The lowest BCUT2D eigenvalue weighted by Crippen LogP contribution is -2.23. The van der Waals surface area contributed by atoms with E-state index in [9.17, 15) is 9.90 Å². The second-order valence-electron chi connectivity index (χ2n) is 10.0. The highest BCUT2D eigenvalue weighted by Crippen LogP contribution is 2.44. The highest BCUT2D eigenvalue weighted by atomic mass is 16.5. The van der Waals surface area contributed by atoms with Gasteiger partial charge in [0.05, 0.1) is 12.2 Å². The van der Waals surface area contributed by atoms with Gasteiger partial charge in [-0.2, -0.15) is 0 Å². The third-order valence-electron chi connectivity index (χ3n) is 6.66. The van der Waals surface area contributed by atoms with E-state index in [-0.39, 0.29) is 36.3 Å². The van der Waals surface area contributed by atoms with E-state index in [1.54, 1.807) is 6.07 Å². The van der Waals surface area contributed by atoms with Crippen molar-refractivity contribution < 1.29 is 28.4 Å². The first kappa shape index (κ1) is 28.6. The maximum absolute atomic E-state index is 13.0. The summed E-state index contributed by atoms with van der Waals surface area (Å²) < 4.78 is 24.1. The largest absolute Gasteiger partial charge is 0.488 e. The van der Waals surface area contributed by atoms with Crippen LogP contribution in [0, 0.1) is 0 Å². The van der Waals surface area contributed by atoms with Gasteiger partial charge in [0.25, 0.3) is 5.91 Å². The summed E-state index contributed by atoms with van der Waals surface area (Å²) in [7, 11) is 0. The van der Waals surface area contributed by atoms with Crippen molar-refractivity contribution >= 4 is 5.91 Å². The molecule has 0 bridgehead atoms. The second-order valence-corrected chi connectivity index (χ2v) is 10.0. The Balaban J connectivity index is 1.65. The number of hydrogen-bond donors (Lipinski definition) is 2. The quantitative estimate of drug-likeness (QED) is 0.175. The number of hydrogen-bond acceptors (Lipinski definition) is 8. The molecule has 42 heavy (non-hydrogen) atoms. The molecule has 0 fully saturated rings. The van der Waals surface area contributed by atoms with Crippen LogP contribution in [0.1, 0.15) is 59.6 Å². The molecule has 0 saturated heterocycles. The Morgan fingerprint density at radius 1 is 0.881 bits per heavy atom. The molecule has 216 valence electrons. The van der Waals surface area contributed by atoms with Crippen LogP contribution in [0.4, 0.5) is 0 Å². The number of aliphatic hydroxyl groups is 1. The van der Waals surface area contributed by atoms with Crippen molar-refractivity contribution in [1.29, 1.82) is 0 Å². The van der Waals surface area contributed by atoms with Gasteiger partial charge in [-0.1, -0.05) is 84.8 Å². The number of nitrogens with zero attached hydrogens (tertiary/aromatic N) is 2. The second kappa shape index (κ2) is 13.2. The van der Waals surface area contributed by atoms with E-state index in [1.165, 1.54) is 0 Å². The Kier molecular flexibility index (Phi) is 8.99. The first-order chi connectivity index (χ1) is 20.5. The molecule has 2 N–H and O–H groups in total. The summed E-state index contributed by atoms with van der Waals surface area (Å²) in [5.74, 6) is 1.32. The molecule has 0 aliphatic rings. The lowest BCUT2D eigenvalue weighted by atomic mass is 9.95. The number of benzene rings is 3. The highest BCUT2D eigenvalue weighted by Gasteiger charge is 2.30. The number of amides is 1. The monoisotopic (exact) mass is 567 g/mol. The van der Waals surface area contributed by atoms with Crippen molar-refractivity contribution in [3.63, 3.8) is 0 Å². The molecule has 2 aromatic heterocycles. The molecule has 0 atom stereocenters. The number of carbonyl (C=O) groups is 1. The van der Waals surface area contributed by atoms with Gasteiger partial charge in [0, 0.05) is 18.7 Å². The highest BCUT2D eigenvalue weighted by molar-refractivity contribution is 6.01. The van der Waals surface area contributed by atoms with Crippen molar-refractivity contribution in [3.8, 4) is 34.1 Å². The number of rotatable bonds is 12. The fourth-order valence-electron chi connectivity index (χ4n) is 4.53. The Morgan fingerprint density at radius 3 is 2.10 bits per heavy atom. The summed E-state index contributed by atoms with van der Waals surface area (Å²) in [4.78, 5) is 13.0. The zero-order valence-electron chi connectivity index (χ0n) is 23.8. The van der Waals surface area contributed by atoms with Crippen LogP contribution >= 0.6 is 0 Å². The Bertz CT molecular complexity index is 1630. The zero-order valence-corrected chi connectivity index (χ0v) is 23.8. The molecule has 3 aromatic carbocycles. The van der Waals surface area contributed by atoms with Gasteiger partial charge in [-0.3, -0.25) is 4.79 Å². The lowest BCUT2D eigenvalue weighted by molar-refractivity contribution is 0.0947. The smallest absolute Gasteiger partial charge is 0.274 e. The molecule has 0 spiro atoms. The van der Waals surface area contributed by atoms with E-state index < -0.39 is 5.91 Å². The molecule has 1 amide bonds. The third-order valence-corrected chi connectivity index (χ3v) is 6.66. The minimum atomic E-state index is -0.428. The molecule has 5 aromatic rings. The fraction of sp³-hybridized carbons (Fsp3) is 0.242. The van der Waals surface area contributed by atoms with E-state index in [0.717, 1.165) is 16.7 Å². The van der Waals surface area contributed by atoms with Crippen LogP contribution in [0.5, 0.6) is 11.5 Å². The summed E-state index contributed by atoms with van der Waals surface area (Å²) in [6.07, 6.45) is 0. The van der Waals surface area contributed by atoms with Crippen LogP contribution in [0.3, 0.4) is 0 Å².